The van der Waals surface area contributed by atoms with E-state index in [0.29, 0.717) is 15.7 Å². The van der Waals surface area contributed by atoms with Crippen LogP contribution in [0.25, 0.3) is 16.8 Å². The number of thioether (sulfide) groups is 1. The number of rotatable bonds is 4. The number of fused-ring (bicyclic) bond motifs is 1. The highest BCUT2D eigenvalue weighted by Crippen LogP contribution is 2.35. The third-order valence-electron chi connectivity index (χ3n) is 4.56. The molecule has 4 nitrogen and oxygen atoms in total. The maximum Gasteiger partial charge on any atom is 0.293 e. The molecule has 3 aromatic carbocycles. The summed E-state index contributed by atoms with van der Waals surface area (Å²) in [5, 5.41) is 2.29. The summed E-state index contributed by atoms with van der Waals surface area (Å²) in [6.07, 6.45) is 1.68. The highest BCUT2D eigenvalue weighted by Gasteiger charge is 2.35. The second-order valence-corrected chi connectivity index (χ2v) is 7.70. The molecule has 0 saturated carbocycles. The molecule has 0 unspecified atom stereocenters. The standard InChI is InChI=1S/C22H16ClNO3S/c1-27-19-10-9-14(11-18(19)23)12-20-21(25)24(22(26)28-20)13-16-7-4-6-15-5-2-3-8-17(15)16/h2-12H,13H2,1H3/b20-12-. The molecule has 28 heavy (non-hydrogen) atoms. The van der Waals surface area contributed by atoms with E-state index in [-0.39, 0.29) is 17.7 Å². The normalized spacial score (nSPS) is 15.6. The number of carbonyl (C=O) groups is 2. The summed E-state index contributed by atoms with van der Waals surface area (Å²) in [6, 6.07) is 19.1. The number of imide groups is 1. The summed E-state index contributed by atoms with van der Waals surface area (Å²) in [5.41, 5.74) is 1.68. The Balaban J connectivity index is 1.61. The van der Waals surface area contributed by atoms with E-state index in [4.69, 9.17) is 16.3 Å². The highest BCUT2D eigenvalue weighted by atomic mass is 35.5. The van der Waals surface area contributed by atoms with Gasteiger partial charge in [-0.25, -0.2) is 0 Å². The molecule has 4 rings (SSSR count). The SMILES string of the molecule is COc1ccc(/C=C2\SC(=O)N(Cc3cccc4ccccc34)C2=O)cc1Cl. The minimum absolute atomic E-state index is 0.243. The van der Waals surface area contributed by atoms with Crippen LogP contribution >= 0.6 is 23.4 Å². The molecule has 3 aromatic rings. The van der Waals surface area contributed by atoms with Crippen LogP contribution in [0.1, 0.15) is 11.1 Å². The third-order valence-corrected chi connectivity index (χ3v) is 5.76. The minimum atomic E-state index is -0.296. The first kappa shape index (κ1) is 18.6. The van der Waals surface area contributed by atoms with Crippen molar-refractivity contribution >= 4 is 51.4 Å². The minimum Gasteiger partial charge on any atom is -0.495 e. The van der Waals surface area contributed by atoms with Gasteiger partial charge in [0, 0.05) is 0 Å². The second kappa shape index (κ2) is 7.70. The zero-order chi connectivity index (χ0) is 19.7. The number of nitrogens with zero attached hydrogens (tertiary/aromatic N) is 1. The molecule has 6 heteroatoms. The topological polar surface area (TPSA) is 46.6 Å². The van der Waals surface area contributed by atoms with Crippen LogP contribution in [0.15, 0.2) is 65.6 Å². The zero-order valence-corrected chi connectivity index (χ0v) is 16.6. The van der Waals surface area contributed by atoms with E-state index in [1.165, 1.54) is 4.90 Å². The first-order chi connectivity index (χ1) is 13.6. The Morgan fingerprint density at radius 2 is 1.86 bits per heavy atom. The van der Waals surface area contributed by atoms with Crippen molar-refractivity contribution in [2.75, 3.05) is 7.11 Å². The maximum absolute atomic E-state index is 12.8. The van der Waals surface area contributed by atoms with Crippen LogP contribution in [0.4, 0.5) is 4.79 Å². The van der Waals surface area contributed by atoms with Gasteiger partial charge >= 0.3 is 0 Å². The van der Waals surface area contributed by atoms with Gasteiger partial charge in [-0.1, -0.05) is 60.1 Å². The van der Waals surface area contributed by atoms with E-state index in [2.05, 4.69) is 0 Å². The van der Waals surface area contributed by atoms with Gasteiger partial charge in [0.2, 0.25) is 0 Å². The zero-order valence-electron chi connectivity index (χ0n) is 15.0. The van der Waals surface area contributed by atoms with Crippen LogP contribution in [-0.4, -0.2) is 23.2 Å². The Kier molecular flexibility index (Phi) is 5.11. The molecule has 0 aromatic heterocycles. The van der Waals surface area contributed by atoms with E-state index < -0.39 is 0 Å². The van der Waals surface area contributed by atoms with Crippen molar-refractivity contribution in [2.45, 2.75) is 6.54 Å². The summed E-state index contributed by atoms with van der Waals surface area (Å²) in [4.78, 5) is 27.0. The molecule has 1 aliphatic rings. The van der Waals surface area contributed by atoms with Crippen LogP contribution in [0.5, 0.6) is 5.75 Å². The average Bonchev–Trinajstić information content (AvgIpc) is 2.96. The Morgan fingerprint density at radius 1 is 1.07 bits per heavy atom. The predicted molar refractivity (Wildman–Crippen MR) is 113 cm³/mol. The largest absolute Gasteiger partial charge is 0.495 e. The van der Waals surface area contributed by atoms with Crippen molar-refractivity contribution in [2.24, 2.45) is 0 Å². The van der Waals surface area contributed by atoms with Crippen molar-refractivity contribution in [1.82, 2.24) is 4.90 Å². The van der Waals surface area contributed by atoms with Gasteiger partial charge in [-0.3, -0.25) is 14.5 Å². The number of amides is 2. The number of halogens is 1. The fourth-order valence-electron chi connectivity index (χ4n) is 3.16. The molecule has 140 valence electrons. The van der Waals surface area contributed by atoms with Crippen molar-refractivity contribution in [3.05, 3.63) is 81.7 Å². The average molecular weight is 410 g/mol. The van der Waals surface area contributed by atoms with Crippen molar-refractivity contribution in [3.8, 4) is 5.75 Å². The fraction of sp³-hybridized carbons (Fsp3) is 0.0909. The van der Waals surface area contributed by atoms with Gasteiger partial charge in [0.25, 0.3) is 11.1 Å². The van der Waals surface area contributed by atoms with E-state index in [0.717, 1.165) is 33.7 Å². The number of hydrogen-bond acceptors (Lipinski definition) is 4. The van der Waals surface area contributed by atoms with Gasteiger partial charge in [0.05, 0.1) is 23.6 Å². The Hall–Kier alpha value is -2.76. The molecule has 0 bridgehead atoms. The van der Waals surface area contributed by atoms with Gasteiger partial charge in [-0.05, 0) is 51.9 Å². The summed E-state index contributed by atoms with van der Waals surface area (Å²) >= 11 is 7.09. The predicted octanol–water partition coefficient (Wildman–Crippen LogP) is 5.74. The number of hydrogen-bond donors (Lipinski definition) is 0. The van der Waals surface area contributed by atoms with Crippen molar-refractivity contribution in [3.63, 3.8) is 0 Å². The van der Waals surface area contributed by atoms with Gasteiger partial charge in [0.1, 0.15) is 5.75 Å². The summed E-state index contributed by atoms with van der Waals surface area (Å²) in [5.74, 6) is 0.262. The lowest BCUT2D eigenvalue weighted by Crippen LogP contribution is -2.27. The van der Waals surface area contributed by atoms with Gasteiger partial charge < -0.3 is 4.74 Å². The molecule has 0 N–H and O–H groups in total. The molecule has 1 aliphatic heterocycles. The molecular weight excluding hydrogens is 394 g/mol. The molecule has 1 heterocycles. The molecule has 0 aliphatic carbocycles. The van der Waals surface area contributed by atoms with Crippen LogP contribution in [0.3, 0.4) is 0 Å². The van der Waals surface area contributed by atoms with Crippen LogP contribution < -0.4 is 4.74 Å². The first-order valence-corrected chi connectivity index (χ1v) is 9.82. The molecule has 0 atom stereocenters. The number of benzene rings is 3. The summed E-state index contributed by atoms with van der Waals surface area (Å²) in [7, 11) is 1.54. The lowest BCUT2D eigenvalue weighted by atomic mass is 10.0. The van der Waals surface area contributed by atoms with Crippen LogP contribution in [-0.2, 0) is 11.3 Å². The maximum atomic E-state index is 12.8. The number of methoxy groups -OCH3 is 1. The molecule has 0 radical (unpaired) electrons. The van der Waals surface area contributed by atoms with E-state index in [1.807, 2.05) is 42.5 Å². The van der Waals surface area contributed by atoms with Gasteiger partial charge in [-0.2, -0.15) is 0 Å². The molecule has 1 fully saturated rings. The van der Waals surface area contributed by atoms with Crippen LogP contribution in [0.2, 0.25) is 5.02 Å². The van der Waals surface area contributed by atoms with Gasteiger partial charge in [-0.15, -0.1) is 0 Å². The van der Waals surface area contributed by atoms with Crippen molar-refractivity contribution < 1.29 is 14.3 Å². The fourth-order valence-corrected chi connectivity index (χ4v) is 4.27. The highest BCUT2D eigenvalue weighted by molar-refractivity contribution is 8.18. The summed E-state index contributed by atoms with van der Waals surface area (Å²) < 4.78 is 5.14. The van der Waals surface area contributed by atoms with E-state index in [1.54, 1.807) is 31.4 Å². The smallest absolute Gasteiger partial charge is 0.293 e. The Labute approximate surface area is 171 Å². The Bertz CT molecular complexity index is 1120. The Morgan fingerprint density at radius 3 is 2.64 bits per heavy atom. The van der Waals surface area contributed by atoms with Crippen LogP contribution in [0, 0.1) is 0 Å². The lowest BCUT2D eigenvalue weighted by molar-refractivity contribution is -0.123. The molecule has 1 saturated heterocycles. The molecule has 2 amide bonds. The second-order valence-electron chi connectivity index (χ2n) is 6.30. The van der Waals surface area contributed by atoms with Crippen molar-refractivity contribution in [1.29, 1.82) is 0 Å². The van der Waals surface area contributed by atoms with E-state index in [9.17, 15) is 9.59 Å². The number of carbonyl (C=O) groups excluding carboxylic acids is 2. The monoisotopic (exact) mass is 409 g/mol. The van der Waals surface area contributed by atoms with E-state index >= 15 is 0 Å². The third kappa shape index (κ3) is 3.51. The number of ether oxygens (including phenoxy) is 1. The quantitative estimate of drug-likeness (QED) is 0.515. The molecule has 0 spiro atoms. The molecular formula is C22H16ClNO3S. The lowest BCUT2D eigenvalue weighted by Gasteiger charge is -2.14. The first-order valence-electron chi connectivity index (χ1n) is 8.62. The summed E-state index contributed by atoms with van der Waals surface area (Å²) in [6.45, 7) is 0.243. The van der Waals surface area contributed by atoms with Gasteiger partial charge in [0.15, 0.2) is 0 Å².